The van der Waals surface area contributed by atoms with Crippen molar-refractivity contribution in [3.05, 3.63) is 86.3 Å². The molecular formula is C24H20BrCl2N3O4. The lowest BCUT2D eigenvalue weighted by Gasteiger charge is -2.11. The van der Waals surface area contributed by atoms with Crippen molar-refractivity contribution in [2.24, 2.45) is 5.10 Å². The monoisotopic (exact) mass is 563 g/mol. The Balaban J connectivity index is 1.52. The van der Waals surface area contributed by atoms with Gasteiger partial charge in [0.25, 0.3) is 0 Å². The first kappa shape index (κ1) is 25.6. The highest BCUT2D eigenvalue weighted by atomic mass is 79.9. The van der Waals surface area contributed by atoms with E-state index in [1.807, 2.05) is 24.3 Å². The normalized spacial score (nSPS) is 10.7. The van der Waals surface area contributed by atoms with Gasteiger partial charge in [-0.15, -0.1) is 0 Å². The number of nitrogens with zero attached hydrogens (tertiary/aromatic N) is 1. The molecule has 0 saturated carbocycles. The number of carbonyl (C=O) groups excluding carboxylic acids is 2. The number of halogens is 3. The average Bonchev–Trinajstić information content (AvgIpc) is 2.82. The Hall–Kier alpha value is -3.07. The van der Waals surface area contributed by atoms with Crippen molar-refractivity contribution in [1.82, 2.24) is 5.43 Å². The van der Waals surface area contributed by atoms with Crippen LogP contribution in [0.3, 0.4) is 0 Å². The lowest BCUT2D eigenvalue weighted by molar-refractivity contribution is -0.126. The zero-order chi connectivity index (χ0) is 24.5. The quantitative estimate of drug-likeness (QED) is 0.195. The molecule has 0 atom stereocenters. The fourth-order valence-corrected chi connectivity index (χ4v) is 3.40. The van der Waals surface area contributed by atoms with E-state index in [0.717, 1.165) is 10.0 Å². The van der Waals surface area contributed by atoms with E-state index >= 15 is 0 Å². The summed E-state index contributed by atoms with van der Waals surface area (Å²) in [7, 11) is 1.54. The Labute approximate surface area is 215 Å². The van der Waals surface area contributed by atoms with Gasteiger partial charge in [0.2, 0.25) is 11.8 Å². The maximum absolute atomic E-state index is 12.1. The van der Waals surface area contributed by atoms with Crippen LogP contribution in [0.25, 0.3) is 0 Å². The average molecular weight is 565 g/mol. The second kappa shape index (κ2) is 12.4. The molecule has 3 rings (SSSR count). The van der Waals surface area contributed by atoms with Crippen LogP contribution in [0.15, 0.2) is 70.2 Å². The van der Waals surface area contributed by atoms with Crippen molar-refractivity contribution >= 4 is 62.8 Å². The van der Waals surface area contributed by atoms with Gasteiger partial charge >= 0.3 is 0 Å². The van der Waals surface area contributed by atoms with Crippen LogP contribution in [0.2, 0.25) is 10.0 Å². The molecule has 0 spiro atoms. The lowest BCUT2D eigenvalue weighted by Crippen LogP contribution is -2.24. The van der Waals surface area contributed by atoms with E-state index in [0.29, 0.717) is 34.4 Å². The summed E-state index contributed by atoms with van der Waals surface area (Å²) in [5.41, 5.74) is 4.32. The molecule has 3 aromatic rings. The molecule has 0 fully saturated rings. The highest BCUT2D eigenvalue weighted by molar-refractivity contribution is 9.10. The number of anilines is 1. The zero-order valence-corrected chi connectivity index (χ0v) is 21.1. The number of benzene rings is 3. The van der Waals surface area contributed by atoms with Gasteiger partial charge in [-0.05, 0) is 53.6 Å². The first-order valence-corrected chi connectivity index (χ1v) is 11.5. The molecule has 0 radical (unpaired) electrons. The van der Waals surface area contributed by atoms with Crippen molar-refractivity contribution in [1.29, 1.82) is 0 Å². The van der Waals surface area contributed by atoms with Crippen LogP contribution in [0.1, 0.15) is 17.5 Å². The van der Waals surface area contributed by atoms with Crippen LogP contribution in [-0.2, 0) is 16.2 Å². The van der Waals surface area contributed by atoms with E-state index in [9.17, 15) is 9.59 Å². The van der Waals surface area contributed by atoms with E-state index in [1.165, 1.54) is 13.3 Å². The summed E-state index contributed by atoms with van der Waals surface area (Å²) in [6.07, 6.45) is 0.997. The van der Waals surface area contributed by atoms with Gasteiger partial charge in [-0.1, -0.05) is 57.3 Å². The van der Waals surface area contributed by atoms with Crippen molar-refractivity contribution < 1.29 is 19.1 Å². The van der Waals surface area contributed by atoms with Crippen molar-refractivity contribution in [2.45, 2.75) is 13.0 Å². The van der Waals surface area contributed by atoms with Crippen LogP contribution >= 0.6 is 39.1 Å². The first-order chi connectivity index (χ1) is 16.4. The Kier molecular flexibility index (Phi) is 9.33. The highest BCUT2D eigenvalue weighted by Gasteiger charge is 2.12. The number of carbonyl (C=O) groups is 2. The molecule has 2 N–H and O–H groups in total. The molecule has 0 bridgehead atoms. The van der Waals surface area contributed by atoms with Gasteiger partial charge in [0.1, 0.15) is 13.0 Å². The Morgan fingerprint density at radius 2 is 1.79 bits per heavy atom. The number of hydrogen-bond donors (Lipinski definition) is 2. The third kappa shape index (κ3) is 7.48. The molecule has 0 aromatic heterocycles. The minimum absolute atomic E-state index is 0.203. The molecule has 0 heterocycles. The molecule has 0 aliphatic heterocycles. The second-order valence-electron chi connectivity index (χ2n) is 6.94. The molecule has 0 saturated heterocycles. The molecule has 0 unspecified atom stereocenters. The van der Waals surface area contributed by atoms with E-state index in [-0.39, 0.29) is 5.02 Å². The summed E-state index contributed by atoms with van der Waals surface area (Å²) in [5.74, 6) is -0.0488. The zero-order valence-electron chi connectivity index (χ0n) is 18.0. The molecule has 0 aliphatic carbocycles. The maximum atomic E-state index is 12.1. The topological polar surface area (TPSA) is 89.0 Å². The first-order valence-electron chi connectivity index (χ1n) is 9.96. The fourth-order valence-electron chi connectivity index (χ4n) is 2.78. The third-order valence-electron chi connectivity index (χ3n) is 4.44. The Morgan fingerprint density at radius 1 is 1.03 bits per heavy atom. The van der Waals surface area contributed by atoms with Gasteiger partial charge in [-0.25, -0.2) is 5.43 Å². The number of amides is 2. The van der Waals surface area contributed by atoms with E-state index < -0.39 is 18.2 Å². The van der Waals surface area contributed by atoms with Gasteiger partial charge in [-0.3, -0.25) is 9.59 Å². The van der Waals surface area contributed by atoms with Crippen molar-refractivity contribution in [3.8, 4) is 11.5 Å². The van der Waals surface area contributed by atoms with Crippen LogP contribution in [0.5, 0.6) is 11.5 Å². The molecule has 2 amide bonds. The number of hydrazone groups is 1. The standard InChI is InChI=1S/C24H20BrCl2N3O4/c1-33-21-11-16(7-10-20(21)34-14-15-5-8-17(25)9-6-15)13-28-30-23(32)12-22(31)29-19-4-2-3-18(26)24(19)27/h2-11,13H,12,14H2,1H3,(H,29,31)(H,30,32). The fraction of sp³-hybridized carbons (Fsp3) is 0.125. The van der Waals surface area contributed by atoms with Crippen LogP contribution in [0.4, 0.5) is 5.69 Å². The molecule has 34 heavy (non-hydrogen) atoms. The molecule has 7 nitrogen and oxygen atoms in total. The smallest absolute Gasteiger partial charge is 0.249 e. The number of methoxy groups -OCH3 is 1. The predicted molar refractivity (Wildman–Crippen MR) is 137 cm³/mol. The number of rotatable bonds is 9. The van der Waals surface area contributed by atoms with Gasteiger partial charge in [0.15, 0.2) is 11.5 Å². The summed E-state index contributed by atoms with van der Waals surface area (Å²) in [4.78, 5) is 24.1. The van der Waals surface area contributed by atoms with Crippen molar-refractivity contribution in [2.75, 3.05) is 12.4 Å². The summed E-state index contributed by atoms with van der Waals surface area (Å²) in [6.45, 7) is 0.385. The third-order valence-corrected chi connectivity index (χ3v) is 5.79. The molecule has 10 heteroatoms. The van der Waals surface area contributed by atoms with E-state index in [1.54, 1.807) is 36.4 Å². The van der Waals surface area contributed by atoms with Gasteiger partial charge in [-0.2, -0.15) is 5.10 Å². The molecule has 176 valence electrons. The lowest BCUT2D eigenvalue weighted by atomic mass is 10.2. The maximum Gasteiger partial charge on any atom is 0.249 e. The second-order valence-corrected chi connectivity index (χ2v) is 8.65. The van der Waals surface area contributed by atoms with E-state index in [4.69, 9.17) is 32.7 Å². The number of ether oxygens (including phenoxy) is 2. The highest BCUT2D eigenvalue weighted by Crippen LogP contribution is 2.30. The largest absolute Gasteiger partial charge is 0.493 e. The molecule has 3 aromatic carbocycles. The summed E-state index contributed by atoms with van der Waals surface area (Å²) < 4.78 is 12.2. The van der Waals surface area contributed by atoms with Gasteiger partial charge in [0.05, 0.1) is 29.1 Å². The van der Waals surface area contributed by atoms with Crippen molar-refractivity contribution in [3.63, 3.8) is 0 Å². The number of hydrogen-bond acceptors (Lipinski definition) is 5. The Bertz CT molecular complexity index is 1200. The van der Waals surface area contributed by atoms with Gasteiger partial charge in [0, 0.05) is 4.47 Å². The summed E-state index contributed by atoms with van der Waals surface area (Å²) in [6, 6.07) is 17.9. The van der Waals surface area contributed by atoms with Crippen LogP contribution in [0, 0.1) is 0 Å². The number of nitrogens with one attached hydrogen (secondary N) is 2. The van der Waals surface area contributed by atoms with Crippen LogP contribution in [-0.4, -0.2) is 25.1 Å². The SMILES string of the molecule is COc1cc(C=NNC(=O)CC(=O)Nc2cccc(Cl)c2Cl)ccc1OCc1ccc(Br)cc1. The molecular weight excluding hydrogens is 545 g/mol. The summed E-state index contributed by atoms with van der Waals surface area (Å²) in [5, 5.41) is 6.93. The minimum Gasteiger partial charge on any atom is -0.493 e. The van der Waals surface area contributed by atoms with E-state index in [2.05, 4.69) is 31.8 Å². The predicted octanol–water partition coefficient (Wildman–Crippen LogP) is 5.82. The van der Waals surface area contributed by atoms with Crippen LogP contribution < -0.4 is 20.2 Å². The molecule has 0 aliphatic rings. The minimum atomic E-state index is -0.590. The summed E-state index contributed by atoms with van der Waals surface area (Å²) >= 11 is 15.3. The Morgan fingerprint density at radius 3 is 2.53 bits per heavy atom. The van der Waals surface area contributed by atoms with Gasteiger partial charge < -0.3 is 14.8 Å².